The first-order chi connectivity index (χ1) is 16.1. The minimum atomic E-state index is -0.444. The second-order valence-electron chi connectivity index (χ2n) is 8.86. The molecule has 0 bridgehead atoms. The Bertz CT molecular complexity index is 1280. The molecule has 0 atom stereocenters. The largest absolute Gasteiger partial charge is 0.495 e. The standard InChI is InChI=1S/C26H25N3O5/c1-26(2,3)15-5-12-22(33-4)21(13-15)28-25(32)27-16-6-8-17(9-7-16)34-18-10-11-19-20(14-18)24(31)29-23(19)30/h5-14H,1-4H3,(H2,27,28,32)(H,29,30,31). The van der Waals surface area contributed by atoms with Crippen molar-refractivity contribution in [3.05, 3.63) is 77.4 Å². The molecule has 0 radical (unpaired) electrons. The Morgan fingerprint density at radius 3 is 2.18 bits per heavy atom. The summed E-state index contributed by atoms with van der Waals surface area (Å²) in [5.41, 5.74) is 2.74. The second kappa shape index (κ2) is 8.90. The van der Waals surface area contributed by atoms with Crippen molar-refractivity contribution in [1.82, 2.24) is 5.32 Å². The molecule has 0 aliphatic carbocycles. The number of nitrogens with one attached hydrogen (secondary N) is 3. The molecular weight excluding hydrogens is 434 g/mol. The third kappa shape index (κ3) is 4.85. The van der Waals surface area contributed by atoms with E-state index in [1.54, 1.807) is 43.5 Å². The van der Waals surface area contributed by atoms with E-state index in [-0.39, 0.29) is 11.0 Å². The highest BCUT2D eigenvalue weighted by molar-refractivity contribution is 6.21. The van der Waals surface area contributed by atoms with E-state index < -0.39 is 17.8 Å². The van der Waals surface area contributed by atoms with Crippen LogP contribution in [-0.4, -0.2) is 25.0 Å². The van der Waals surface area contributed by atoms with Crippen LogP contribution in [0.1, 0.15) is 47.1 Å². The van der Waals surface area contributed by atoms with Gasteiger partial charge in [-0.05, 0) is 65.6 Å². The molecule has 1 aliphatic rings. The summed E-state index contributed by atoms with van der Waals surface area (Å²) in [6.45, 7) is 6.29. The summed E-state index contributed by atoms with van der Waals surface area (Å²) in [5.74, 6) is 0.642. The van der Waals surface area contributed by atoms with Crippen LogP contribution in [0.15, 0.2) is 60.7 Å². The smallest absolute Gasteiger partial charge is 0.323 e. The number of imide groups is 1. The van der Waals surface area contributed by atoms with Crippen LogP contribution >= 0.6 is 0 Å². The quantitative estimate of drug-likeness (QED) is 0.448. The molecule has 0 saturated carbocycles. The van der Waals surface area contributed by atoms with E-state index in [9.17, 15) is 14.4 Å². The van der Waals surface area contributed by atoms with Crippen molar-refractivity contribution >= 4 is 29.2 Å². The first kappa shape index (κ1) is 22.8. The van der Waals surface area contributed by atoms with Gasteiger partial charge in [0.15, 0.2) is 0 Å². The van der Waals surface area contributed by atoms with Gasteiger partial charge in [-0.15, -0.1) is 0 Å². The van der Waals surface area contributed by atoms with Crippen molar-refractivity contribution in [2.45, 2.75) is 26.2 Å². The number of urea groups is 1. The Hall–Kier alpha value is -4.33. The van der Waals surface area contributed by atoms with Gasteiger partial charge in [-0.3, -0.25) is 14.9 Å². The molecule has 0 saturated heterocycles. The summed E-state index contributed by atoms with van der Waals surface area (Å²) in [7, 11) is 1.55. The lowest BCUT2D eigenvalue weighted by Gasteiger charge is -2.21. The van der Waals surface area contributed by atoms with E-state index in [1.165, 1.54) is 6.07 Å². The van der Waals surface area contributed by atoms with Gasteiger partial charge in [0, 0.05) is 5.69 Å². The molecule has 0 fully saturated rings. The van der Waals surface area contributed by atoms with Crippen molar-refractivity contribution in [3.8, 4) is 17.2 Å². The normalized spacial score (nSPS) is 12.6. The second-order valence-corrected chi connectivity index (χ2v) is 8.86. The third-order valence-electron chi connectivity index (χ3n) is 5.37. The van der Waals surface area contributed by atoms with E-state index in [1.807, 2.05) is 18.2 Å². The molecule has 4 rings (SSSR count). The molecule has 3 aromatic rings. The van der Waals surface area contributed by atoms with E-state index >= 15 is 0 Å². The lowest BCUT2D eigenvalue weighted by Crippen LogP contribution is -2.20. The average molecular weight is 460 g/mol. The molecule has 1 heterocycles. The fraction of sp³-hybridized carbons (Fsp3) is 0.192. The zero-order valence-corrected chi connectivity index (χ0v) is 19.3. The lowest BCUT2D eigenvalue weighted by atomic mass is 9.87. The molecular formula is C26H25N3O5. The monoisotopic (exact) mass is 459 g/mol. The molecule has 174 valence electrons. The van der Waals surface area contributed by atoms with Crippen LogP contribution in [0.5, 0.6) is 17.2 Å². The van der Waals surface area contributed by atoms with E-state index in [4.69, 9.17) is 9.47 Å². The van der Waals surface area contributed by atoms with Crippen LogP contribution in [-0.2, 0) is 5.41 Å². The SMILES string of the molecule is COc1ccc(C(C)(C)C)cc1NC(=O)Nc1ccc(Oc2ccc3c(c2)C(=O)NC3=O)cc1. The van der Waals surface area contributed by atoms with E-state index in [2.05, 4.69) is 36.7 Å². The Morgan fingerprint density at radius 2 is 1.50 bits per heavy atom. The summed E-state index contributed by atoms with van der Waals surface area (Å²) in [6.07, 6.45) is 0. The summed E-state index contributed by atoms with van der Waals surface area (Å²) in [5, 5.41) is 7.87. The zero-order chi connectivity index (χ0) is 24.5. The predicted octanol–water partition coefficient (Wildman–Crippen LogP) is 5.31. The molecule has 0 spiro atoms. The van der Waals surface area contributed by atoms with Crippen molar-refractivity contribution in [1.29, 1.82) is 0 Å². The number of anilines is 2. The summed E-state index contributed by atoms with van der Waals surface area (Å²) < 4.78 is 11.2. The number of rotatable bonds is 5. The highest BCUT2D eigenvalue weighted by atomic mass is 16.5. The van der Waals surface area contributed by atoms with Gasteiger partial charge in [0.05, 0.1) is 23.9 Å². The fourth-order valence-electron chi connectivity index (χ4n) is 3.51. The maximum Gasteiger partial charge on any atom is 0.323 e. The van der Waals surface area contributed by atoms with Crippen molar-refractivity contribution < 1.29 is 23.9 Å². The Morgan fingerprint density at radius 1 is 0.824 bits per heavy atom. The highest BCUT2D eigenvalue weighted by Crippen LogP contribution is 2.32. The molecule has 0 unspecified atom stereocenters. The molecule has 0 aromatic heterocycles. The minimum absolute atomic E-state index is 0.0762. The van der Waals surface area contributed by atoms with Crippen LogP contribution in [0.2, 0.25) is 0 Å². The third-order valence-corrected chi connectivity index (χ3v) is 5.37. The predicted molar refractivity (Wildman–Crippen MR) is 129 cm³/mol. The summed E-state index contributed by atoms with van der Waals surface area (Å²) in [6, 6.07) is 16.8. The number of methoxy groups -OCH3 is 1. The first-order valence-electron chi connectivity index (χ1n) is 10.7. The van der Waals surface area contributed by atoms with E-state index in [0.29, 0.717) is 34.2 Å². The molecule has 1 aliphatic heterocycles. The molecule has 3 N–H and O–H groups in total. The van der Waals surface area contributed by atoms with Gasteiger partial charge < -0.3 is 20.1 Å². The molecule has 4 amide bonds. The number of carbonyl (C=O) groups is 3. The van der Waals surface area contributed by atoms with Gasteiger partial charge in [0.1, 0.15) is 17.2 Å². The molecule has 34 heavy (non-hydrogen) atoms. The molecule has 8 nitrogen and oxygen atoms in total. The number of hydrogen-bond donors (Lipinski definition) is 3. The van der Waals surface area contributed by atoms with Gasteiger partial charge in [-0.1, -0.05) is 26.8 Å². The number of ether oxygens (including phenoxy) is 2. The zero-order valence-electron chi connectivity index (χ0n) is 19.3. The fourth-order valence-corrected chi connectivity index (χ4v) is 3.51. The Kier molecular flexibility index (Phi) is 5.98. The number of benzene rings is 3. The topological polar surface area (TPSA) is 106 Å². The van der Waals surface area contributed by atoms with Gasteiger partial charge in [-0.25, -0.2) is 4.79 Å². The van der Waals surface area contributed by atoms with Crippen LogP contribution < -0.4 is 25.4 Å². The van der Waals surface area contributed by atoms with Gasteiger partial charge in [0.25, 0.3) is 11.8 Å². The van der Waals surface area contributed by atoms with Crippen LogP contribution in [0.25, 0.3) is 0 Å². The minimum Gasteiger partial charge on any atom is -0.495 e. The Balaban J connectivity index is 1.42. The molecule has 8 heteroatoms. The number of hydrogen-bond acceptors (Lipinski definition) is 5. The number of fused-ring (bicyclic) bond motifs is 1. The summed E-state index contributed by atoms with van der Waals surface area (Å²) in [4.78, 5) is 36.1. The highest BCUT2D eigenvalue weighted by Gasteiger charge is 2.27. The van der Waals surface area contributed by atoms with Gasteiger partial charge >= 0.3 is 6.03 Å². The van der Waals surface area contributed by atoms with Crippen molar-refractivity contribution in [2.24, 2.45) is 0 Å². The maximum absolute atomic E-state index is 12.6. The van der Waals surface area contributed by atoms with Gasteiger partial charge in [-0.2, -0.15) is 0 Å². The van der Waals surface area contributed by atoms with Gasteiger partial charge in [0.2, 0.25) is 0 Å². The number of amides is 4. The van der Waals surface area contributed by atoms with Crippen molar-refractivity contribution in [3.63, 3.8) is 0 Å². The maximum atomic E-state index is 12.6. The Labute approximate surface area is 197 Å². The average Bonchev–Trinajstić information content (AvgIpc) is 3.07. The molecule has 3 aromatic carbocycles. The van der Waals surface area contributed by atoms with Crippen LogP contribution in [0.3, 0.4) is 0 Å². The van der Waals surface area contributed by atoms with Crippen LogP contribution in [0, 0.1) is 0 Å². The van der Waals surface area contributed by atoms with Crippen molar-refractivity contribution in [2.75, 3.05) is 17.7 Å². The van der Waals surface area contributed by atoms with E-state index in [0.717, 1.165) is 5.56 Å². The van der Waals surface area contributed by atoms with Crippen LogP contribution in [0.4, 0.5) is 16.2 Å². The summed E-state index contributed by atoms with van der Waals surface area (Å²) >= 11 is 0. The lowest BCUT2D eigenvalue weighted by molar-refractivity contribution is 0.0879. The number of carbonyl (C=O) groups excluding carboxylic acids is 3. The first-order valence-corrected chi connectivity index (χ1v) is 10.7.